The van der Waals surface area contributed by atoms with Gasteiger partial charge in [-0.25, -0.2) is 0 Å². The predicted octanol–water partition coefficient (Wildman–Crippen LogP) is 0.148. The molecule has 1 N–H and O–H groups in total. The Morgan fingerprint density at radius 2 is 2.25 bits per heavy atom. The van der Waals surface area contributed by atoms with Gasteiger partial charge in [0.05, 0.1) is 7.11 Å². The third-order valence-corrected chi connectivity index (χ3v) is 2.13. The summed E-state index contributed by atoms with van der Waals surface area (Å²) in [6.45, 7) is 0. The lowest BCUT2D eigenvalue weighted by atomic mass is 10.1. The van der Waals surface area contributed by atoms with Crippen molar-refractivity contribution in [2.45, 2.75) is 11.6 Å². The maximum Gasteiger partial charge on any atom is 0.290 e. The Hall–Kier alpha value is -0.840. The fourth-order valence-electron chi connectivity index (χ4n) is 1.43. The lowest BCUT2D eigenvalue weighted by Crippen LogP contribution is -2.30. The zero-order valence-electron chi connectivity index (χ0n) is 6.90. The van der Waals surface area contributed by atoms with Crippen molar-refractivity contribution in [3.05, 3.63) is 24.0 Å². The van der Waals surface area contributed by atoms with Gasteiger partial charge < -0.3 is 14.6 Å². The van der Waals surface area contributed by atoms with E-state index in [4.69, 9.17) is 14.2 Å². The summed E-state index contributed by atoms with van der Waals surface area (Å²) in [5, 5.41) is 9.65. The molecule has 4 nitrogen and oxygen atoms in total. The Bertz CT molecular complexity index is 270. The van der Waals surface area contributed by atoms with Crippen LogP contribution in [0.2, 0.25) is 0 Å². The molecule has 0 amide bonds. The monoisotopic (exact) mass is 170 g/mol. The Morgan fingerprint density at radius 1 is 1.50 bits per heavy atom. The molecule has 1 saturated heterocycles. The number of allylic oxidation sites excluding steroid dienone is 2. The van der Waals surface area contributed by atoms with E-state index in [0.29, 0.717) is 5.76 Å². The van der Waals surface area contributed by atoms with Crippen LogP contribution in [0, 0.1) is 0 Å². The zero-order valence-corrected chi connectivity index (χ0v) is 6.90. The molecule has 1 aliphatic heterocycles. The van der Waals surface area contributed by atoms with Crippen LogP contribution in [0.1, 0.15) is 0 Å². The van der Waals surface area contributed by atoms with Crippen LogP contribution in [0.3, 0.4) is 0 Å². The molecule has 4 heteroatoms. The third-order valence-electron chi connectivity index (χ3n) is 2.13. The molecule has 0 aromatic carbocycles. The van der Waals surface area contributed by atoms with E-state index < -0.39 is 11.6 Å². The second-order valence-corrected chi connectivity index (χ2v) is 2.71. The zero-order chi connectivity index (χ0) is 8.82. The van der Waals surface area contributed by atoms with Crippen molar-refractivity contribution in [2.24, 2.45) is 0 Å². The summed E-state index contributed by atoms with van der Waals surface area (Å²) in [5.41, 5.74) is 0. The lowest BCUT2D eigenvalue weighted by Gasteiger charge is -2.16. The molecule has 66 valence electrons. The number of hydrogen-bond donors (Lipinski definition) is 1. The summed E-state index contributed by atoms with van der Waals surface area (Å²) < 4.78 is 15.1. The predicted molar refractivity (Wildman–Crippen MR) is 40.0 cm³/mol. The van der Waals surface area contributed by atoms with Gasteiger partial charge in [-0.3, -0.25) is 4.74 Å². The van der Waals surface area contributed by atoms with Gasteiger partial charge in [-0.1, -0.05) is 6.08 Å². The van der Waals surface area contributed by atoms with Crippen LogP contribution in [-0.4, -0.2) is 30.9 Å². The minimum absolute atomic E-state index is 0.481. The second kappa shape index (κ2) is 2.10. The van der Waals surface area contributed by atoms with Crippen LogP contribution in [0.5, 0.6) is 0 Å². The molecule has 0 aromatic rings. The minimum atomic E-state index is -1.33. The largest absolute Gasteiger partial charge is 0.495 e. The maximum atomic E-state index is 9.65. The van der Waals surface area contributed by atoms with E-state index in [0.717, 1.165) is 0 Å². The van der Waals surface area contributed by atoms with E-state index in [2.05, 4.69) is 0 Å². The summed E-state index contributed by atoms with van der Waals surface area (Å²) in [4.78, 5) is 0. The Morgan fingerprint density at radius 3 is 2.75 bits per heavy atom. The fourth-order valence-corrected chi connectivity index (χ4v) is 1.43. The van der Waals surface area contributed by atoms with Crippen molar-refractivity contribution in [3.63, 3.8) is 0 Å². The van der Waals surface area contributed by atoms with Crippen LogP contribution in [0.15, 0.2) is 24.0 Å². The van der Waals surface area contributed by atoms with Gasteiger partial charge in [-0.15, -0.1) is 0 Å². The van der Waals surface area contributed by atoms with Crippen molar-refractivity contribution in [1.29, 1.82) is 0 Å². The molecule has 0 saturated carbocycles. The van der Waals surface area contributed by atoms with Gasteiger partial charge in [0.2, 0.25) is 0 Å². The van der Waals surface area contributed by atoms with Gasteiger partial charge >= 0.3 is 0 Å². The number of fused-ring (bicyclic) bond motifs is 1. The average molecular weight is 170 g/mol. The number of methoxy groups -OCH3 is 2. The average Bonchev–Trinajstić information content (AvgIpc) is 2.71. The molecule has 0 radical (unpaired) electrons. The van der Waals surface area contributed by atoms with E-state index in [9.17, 15) is 5.11 Å². The quantitative estimate of drug-likeness (QED) is 0.599. The first-order valence-corrected chi connectivity index (χ1v) is 3.60. The maximum absolute atomic E-state index is 9.65. The van der Waals surface area contributed by atoms with Gasteiger partial charge in [0.25, 0.3) is 11.6 Å². The van der Waals surface area contributed by atoms with E-state index in [1.807, 2.05) is 0 Å². The highest BCUT2D eigenvalue weighted by atomic mass is 16.9. The Balaban J connectivity index is 2.36. The molecule has 0 spiro atoms. The Labute approximate surface area is 70.0 Å². The SMILES string of the molecule is COC1=CC=CC2(O)OC12OC. The van der Waals surface area contributed by atoms with E-state index in [1.54, 1.807) is 12.2 Å². The van der Waals surface area contributed by atoms with Crippen molar-refractivity contribution >= 4 is 0 Å². The molecule has 2 unspecified atom stereocenters. The van der Waals surface area contributed by atoms with Gasteiger partial charge in [0.15, 0.2) is 5.76 Å². The van der Waals surface area contributed by atoms with Crippen molar-refractivity contribution in [3.8, 4) is 0 Å². The molecule has 0 aromatic heterocycles. The van der Waals surface area contributed by atoms with Crippen molar-refractivity contribution in [1.82, 2.24) is 0 Å². The second-order valence-electron chi connectivity index (χ2n) is 2.71. The highest BCUT2D eigenvalue weighted by molar-refractivity contribution is 5.36. The first kappa shape index (κ1) is 7.79. The standard InChI is InChI=1S/C8H10O4/c1-10-6-4-3-5-7(9)8(6,11-2)12-7/h3-5,9H,1-2H3. The van der Waals surface area contributed by atoms with Crippen LogP contribution < -0.4 is 0 Å². The lowest BCUT2D eigenvalue weighted by molar-refractivity contribution is -0.0230. The van der Waals surface area contributed by atoms with Crippen LogP contribution in [0.25, 0.3) is 0 Å². The topological polar surface area (TPSA) is 51.2 Å². The Kier molecular flexibility index (Phi) is 1.36. The van der Waals surface area contributed by atoms with Crippen LogP contribution in [0.4, 0.5) is 0 Å². The van der Waals surface area contributed by atoms with E-state index >= 15 is 0 Å². The molecule has 1 fully saturated rings. The number of rotatable bonds is 2. The molecule has 2 rings (SSSR count). The van der Waals surface area contributed by atoms with Crippen LogP contribution >= 0.6 is 0 Å². The molecule has 1 heterocycles. The molecular weight excluding hydrogens is 160 g/mol. The number of epoxide rings is 1. The molecular formula is C8H10O4. The molecule has 0 bridgehead atoms. The molecule has 2 aliphatic rings. The molecule has 2 atom stereocenters. The summed E-state index contributed by atoms with van der Waals surface area (Å²) in [7, 11) is 2.97. The normalized spacial score (nSPS) is 43.4. The summed E-state index contributed by atoms with van der Waals surface area (Å²) in [5.74, 6) is -1.95. The number of ether oxygens (including phenoxy) is 3. The highest BCUT2D eigenvalue weighted by Crippen LogP contribution is 2.54. The summed E-state index contributed by atoms with van der Waals surface area (Å²) >= 11 is 0. The van der Waals surface area contributed by atoms with Crippen molar-refractivity contribution < 1.29 is 19.3 Å². The van der Waals surface area contributed by atoms with Gasteiger partial charge in [0.1, 0.15) is 0 Å². The number of aliphatic hydroxyl groups is 1. The van der Waals surface area contributed by atoms with E-state index in [1.165, 1.54) is 20.3 Å². The first-order valence-electron chi connectivity index (χ1n) is 3.60. The van der Waals surface area contributed by atoms with Crippen LogP contribution in [-0.2, 0) is 14.2 Å². The summed E-state index contributed by atoms with van der Waals surface area (Å²) in [6.07, 6.45) is 4.90. The summed E-state index contributed by atoms with van der Waals surface area (Å²) in [6, 6.07) is 0. The fraction of sp³-hybridized carbons (Fsp3) is 0.500. The third kappa shape index (κ3) is 0.671. The van der Waals surface area contributed by atoms with E-state index in [-0.39, 0.29) is 0 Å². The van der Waals surface area contributed by atoms with Gasteiger partial charge in [-0.2, -0.15) is 0 Å². The first-order chi connectivity index (χ1) is 5.68. The number of hydrogen-bond acceptors (Lipinski definition) is 4. The van der Waals surface area contributed by atoms with Gasteiger partial charge in [0, 0.05) is 7.11 Å². The highest BCUT2D eigenvalue weighted by Gasteiger charge is 2.74. The molecule has 12 heavy (non-hydrogen) atoms. The minimum Gasteiger partial charge on any atom is -0.495 e. The smallest absolute Gasteiger partial charge is 0.290 e. The molecule has 1 aliphatic carbocycles. The van der Waals surface area contributed by atoms with Gasteiger partial charge in [-0.05, 0) is 12.2 Å². The van der Waals surface area contributed by atoms with Crippen molar-refractivity contribution in [2.75, 3.05) is 14.2 Å².